The number of carbonyl (C=O) groups excluding carboxylic acids is 1. The van der Waals surface area contributed by atoms with Crippen LogP contribution in [0.1, 0.15) is 28.8 Å². The van der Waals surface area contributed by atoms with Gasteiger partial charge in [0.25, 0.3) is 5.91 Å². The second-order valence-electron chi connectivity index (χ2n) is 4.61. The maximum Gasteiger partial charge on any atom is 0.251 e. The van der Waals surface area contributed by atoms with Gasteiger partial charge in [-0.25, -0.2) is 0 Å². The first-order valence-electron chi connectivity index (χ1n) is 6.39. The third-order valence-corrected chi connectivity index (χ3v) is 3.19. The summed E-state index contributed by atoms with van der Waals surface area (Å²) >= 11 is 0. The molecule has 1 heterocycles. The van der Waals surface area contributed by atoms with Crippen LogP contribution in [0.15, 0.2) is 24.3 Å². The Balaban J connectivity index is 0.00000180. The largest absolute Gasteiger partial charge is 0.380 e. The first kappa shape index (κ1) is 16.0. The molecule has 0 bridgehead atoms. The Morgan fingerprint density at radius 3 is 2.95 bits per heavy atom. The number of benzene rings is 1. The minimum Gasteiger partial charge on any atom is -0.380 e. The summed E-state index contributed by atoms with van der Waals surface area (Å²) < 4.78 is 5.12. The lowest BCUT2D eigenvalue weighted by molar-refractivity contribution is 0.0926. The third-order valence-electron chi connectivity index (χ3n) is 3.19. The van der Waals surface area contributed by atoms with Crippen LogP contribution in [0.4, 0.5) is 0 Å². The molecule has 0 spiro atoms. The van der Waals surface area contributed by atoms with Gasteiger partial charge in [0.05, 0.1) is 6.61 Å². The summed E-state index contributed by atoms with van der Waals surface area (Å²) in [4.78, 5) is 12.2. The maximum absolute atomic E-state index is 12.2. The van der Waals surface area contributed by atoms with Gasteiger partial charge in [-0.15, -0.1) is 12.4 Å². The molecular formula is C14H21ClN2O2. The van der Waals surface area contributed by atoms with Gasteiger partial charge < -0.3 is 15.4 Å². The number of carbonyl (C=O) groups is 1. The SMILES string of the molecule is COCc1ccccc1C(=O)NC1CCCNC1.Cl. The molecule has 2 N–H and O–H groups in total. The van der Waals surface area contributed by atoms with E-state index < -0.39 is 0 Å². The van der Waals surface area contributed by atoms with Gasteiger partial charge in [0.1, 0.15) is 0 Å². The van der Waals surface area contributed by atoms with Crippen LogP contribution in [0.2, 0.25) is 0 Å². The van der Waals surface area contributed by atoms with Crippen LogP contribution in [0.5, 0.6) is 0 Å². The van der Waals surface area contributed by atoms with Crippen molar-refractivity contribution >= 4 is 18.3 Å². The normalized spacial score (nSPS) is 18.5. The van der Waals surface area contributed by atoms with Gasteiger partial charge >= 0.3 is 0 Å². The van der Waals surface area contributed by atoms with Crippen molar-refractivity contribution in [2.24, 2.45) is 0 Å². The average molecular weight is 285 g/mol. The van der Waals surface area contributed by atoms with Gasteiger partial charge in [-0.3, -0.25) is 4.79 Å². The molecule has 0 aromatic heterocycles. The number of hydrogen-bond donors (Lipinski definition) is 2. The molecule has 1 saturated heterocycles. The third kappa shape index (κ3) is 4.49. The number of amides is 1. The Morgan fingerprint density at radius 2 is 2.26 bits per heavy atom. The van der Waals surface area contributed by atoms with Crippen molar-refractivity contribution in [1.82, 2.24) is 10.6 Å². The molecule has 0 radical (unpaired) electrons. The molecule has 1 aromatic carbocycles. The Bertz CT molecular complexity index is 406. The monoisotopic (exact) mass is 284 g/mol. The summed E-state index contributed by atoms with van der Waals surface area (Å²) in [7, 11) is 1.64. The maximum atomic E-state index is 12.2. The first-order chi connectivity index (χ1) is 8.81. The van der Waals surface area contributed by atoms with E-state index in [0.29, 0.717) is 12.2 Å². The predicted octanol–water partition coefficient (Wildman–Crippen LogP) is 1.74. The molecule has 19 heavy (non-hydrogen) atoms. The molecule has 2 rings (SSSR count). The second kappa shape index (κ2) is 8.15. The van der Waals surface area contributed by atoms with E-state index in [9.17, 15) is 4.79 Å². The molecule has 4 nitrogen and oxygen atoms in total. The van der Waals surface area contributed by atoms with E-state index in [0.717, 1.165) is 31.5 Å². The Kier molecular flexibility index (Phi) is 6.84. The lowest BCUT2D eigenvalue weighted by Gasteiger charge is -2.24. The van der Waals surface area contributed by atoms with Crippen molar-refractivity contribution in [2.45, 2.75) is 25.5 Å². The summed E-state index contributed by atoms with van der Waals surface area (Å²) in [5.41, 5.74) is 1.64. The van der Waals surface area contributed by atoms with Crippen molar-refractivity contribution in [1.29, 1.82) is 0 Å². The minimum absolute atomic E-state index is 0. The van der Waals surface area contributed by atoms with Crippen molar-refractivity contribution in [3.05, 3.63) is 35.4 Å². The lowest BCUT2D eigenvalue weighted by Crippen LogP contribution is -2.45. The second-order valence-corrected chi connectivity index (χ2v) is 4.61. The minimum atomic E-state index is -0.00338. The highest BCUT2D eigenvalue weighted by molar-refractivity contribution is 5.95. The van der Waals surface area contributed by atoms with Gasteiger partial charge in [-0.05, 0) is 31.0 Å². The number of hydrogen-bond acceptors (Lipinski definition) is 3. The number of piperidine rings is 1. The lowest BCUT2D eigenvalue weighted by atomic mass is 10.0. The summed E-state index contributed by atoms with van der Waals surface area (Å²) in [5, 5.41) is 6.37. The van der Waals surface area contributed by atoms with Gasteiger partial charge in [0.15, 0.2) is 0 Å². The van der Waals surface area contributed by atoms with Crippen molar-refractivity contribution in [3.8, 4) is 0 Å². The predicted molar refractivity (Wildman–Crippen MR) is 77.8 cm³/mol. The van der Waals surface area contributed by atoms with Gasteiger partial charge in [-0.2, -0.15) is 0 Å². The van der Waals surface area contributed by atoms with Crippen LogP contribution in [0.3, 0.4) is 0 Å². The molecule has 1 amide bonds. The molecule has 1 unspecified atom stereocenters. The standard InChI is InChI=1S/C14H20N2O2.ClH/c1-18-10-11-5-2-3-7-13(11)14(17)16-12-6-4-8-15-9-12;/h2-3,5,7,12,15H,4,6,8-10H2,1H3,(H,16,17);1H. The molecule has 1 aliphatic heterocycles. The van der Waals surface area contributed by atoms with E-state index in [2.05, 4.69) is 10.6 Å². The Morgan fingerprint density at radius 1 is 1.47 bits per heavy atom. The fourth-order valence-corrected chi connectivity index (χ4v) is 2.26. The van der Waals surface area contributed by atoms with Gasteiger partial charge in [0.2, 0.25) is 0 Å². The average Bonchev–Trinajstić information content (AvgIpc) is 2.41. The highest BCUT2D eigenvalue weighted by Gasteiger charge is 2.17. The summed E-state index contributed by atoms with van der Waals surface area (Å²) in [6.07, 6.45) is 2.16. The van der Waals surface area contributed by atoms with Crippen LogP contribution < -0.4 is 10.6 Å². The number of halogens is 1. The molecule has 1 atom stereocenters. The smallest absolute Gasteiger partial charge is 0.251 e. The van der Waals surface area contributed by atoms with Crippen molar-refractivity contribution in [3.63, 3.8) is 0 Å². The van der Waals surface area contributed by atoms with E-state index in [1.54, 1.807) is 7.11 Å². The molecule has 1 aliphatic rings. The van der Waals surface area contributed by atoms with E-state index >= 15 is 0 Å². The molecule has 106 valence electrons. The highest BCUT2D eigenvalue weighted by Crippen LogP contribution is 2.11. The van der Waals surface area contributed by atoms with Gasteiger partial charge in [0, 0.05) is 25.3 Å². The number of ether oxygens (including phenoxy) is 1. The molecule has 1 fully saturated rings. The zero-order valence-electron chi connectivity index (χ0n) is 11.1. The number of rotatable bonds is 4. The van der Waals surface area contributed by atoms with Crippen LogP contribution in [0, 0.1) is 0 Å². The van der Waals surface area contributed by atoms with Crippen LogP contribution in [-0.4, -0.2) is 32.1 Å². The van der Waals surface area contributed by atoms with Crippen molar-refractivity contribution < 1.29 is 9.53 Å². The van der Waals surface area contributed by atoms with E-state index in [4.69, 9.17) is 4.74 Å². The molecule has 1 aromatic rings. The molecule has 5 heteroatoms. The summed E-state index contributed by atoms with van der Waals surface area (Å²) in [6.45, 7) is 2.37. The summed E-state index contributed by atoms with van der Waals surface area (Å²) in [6, 6.07) is 7.82. The van der Waals surface area contributed by atoms with Crippen molar-refractivity contribution in [2.75, 3.05) is 20.2 Å². The number of methoxy groups -OCH3 is 1. The van der Waals surface area contributed by atoms with Crippen LogP contribution in [0.25, 0.3) is 0 Å². The van der Waals surface area contributed by atoms with Crippen LogP contribution in [-0.2, 0) is 11.3 Å². The number of nitrogens with one attached hydrogen (secondary N) is 2. The quantitative estimate of drug-likeness (QED) is 0.885. The Labute approximate surface area is 120 Å². The Hall–Kier alpha value is -1.10. The van der Waals surface area contributed by atoms with E-state index in [1.807, 2.05) is 24.3 Å². The topological polar surface area (TPSA) is 50.4 Å². The molecule has 0 aliphatic carbocycles. The van der Waals surface area contributed by atoms with Gasteiger partial charge in [-0.1, -0.05) is 18.2 Å². The summed E-state index contributed by atoms with van der Waals surface area (Å²) in [5.74, 6) is -0.00338. The fourth-order valence-electron chi connectivity index (χ4n) is 2.26. The van der Waals surface area contributed by atoms with E-state index in [-0.39, 0.29) is 24.4 Å². The van der Waals surface area contributed by atoms with E-state index in [1.165, 1.54) is 0 Å². The zero-order chi connectivity index (χ0) is 12.8. The zero-order valence-corrected chi connectivity index (χ0v) is 12.0. The highest BCUT2D eigenvalue weighted by atomic mass is 35.5. The molecule has 0 saturated carbocycles. The van der Waals surface area contributed by atoms with Crippen LogP contribution >= 0.6 is 12.4 Å². The first-order valence-corrected chi connectivity index (χ1v) is 6.39. The fraction of sp³-hybridized carbons (Fsp3) is 0.500. The molecular weight excluding hydrogens is 264 g/mol.